The van der Waals surface area contributed by atoms with Crippen LogP contribution in [0, 0.1) is 6.92 Å². The molecular weight excluding hydrogens is 364 g/mol. The van der Waals surface area contributed by atoms with Crippen LogP contribution in [0.15, 0.2) is 36.7 Å². The molecule has 7 nitrogen and oxygen atoms in total. The van der Waals surface area contributed by atoms with Gasteiger partial charge in [0.15, 0.2) is 0 Å². The van der Waals surface area contributed by atoms with Crippen molar-refractivity contribution in [2.45, 2.75) is 27.2 Å². The monoisotopic (exact) mass is 396 g/mol. The summed E-state index contributed by atoms with van der Waals surface area (Å²) >= 11 is 0. The third-order valence-electron chi connectivity index (χ3n) is 5.48. The van der Waals surface area contributed by atoms with Gasteiger partial charge in [-0.1, -0.05) is 0 Å². The first-order valence-electron chi connectivity index (χ1n) is 10.5. The minimum Gasteiger partial charge on any atom is -0.372 e. The zero-order chi connectivity index (χ0) is 20.6. The van der Waals surface area contributed by atoms with Crippen molar-refractivity contribution in [3.8, 4) is 0 Å². The zero-order valence-electron chi connectivity index (χ0n) is 17.8. The van der Waals surface area contributed by atoms with Gasteiger partial charge in [-0.3, -0.25) is 9.69 Å². The number of benzene rings is 1. The summed E-state index contributed by atoms with van der Waals surface area (Å²) in [5.74, 6) is 0.853. The molecule has 0 aliphatic carbocycles. The van der Waals surface area contributed by atoms with E-state index in [0.29, 0.717) is 6.42 Å². The molecule has 2 heterocycles. The second-order valence-corrected chi connectivity index (χ2v) is 7.35. The van der Waals surface area contributed by atoms with Gasteiger partial charge in [0, 0.05) is 76.0 Å². The fourth-order valence-electron chi connectivity index (χ4n) is 3.67. The van der Waals surface area contributed by atoms with Gasteiger partial charge in [0.25, 0.3) is 0 Å². The number of nitrogens with zero attached hydrogens (tertiary/aromatic N) is 5. The summed E-state index contributed by atoms with van der Waals surface area (Å²) in [5, 5.41) is 3.07. The lowest BCUT2D eigenvalue weighted by Crippen LogP contribution is -2.47. The Bertz CT molecular complexity index is 785. The van der Waals surface area contributed by atoms with Crippen molar-refractivity contribution in [3.63, 3.8) is 0 Å². The molecule has 1 aromatic carbocycles. The first-order chi connectivity index (χ1) is 14.1. The van der Waals surface area contributed by atoms with Crippen molar-refractivity contribution < 1.29 is 4.79 Å². The van der Waals surface area contributed by atoms with E-state index in [1.165, 1.54) is 5.69 Å². The van der Waals surface area contributed by atoms with Crippen LogP contribution in [-0.2, 0) is 4.79 Å². The molecule has 0 radical (unpaired) electrons. The number of carbonyl (C=O) groups is 1. The number of rotatable bonds is 8. The molecule has 0 spiro atoms. The smallest absolute Gasteiger partial charge is 0.225 e. The molecule has 0 saturated carbocycles. The van der Waals surface area contributed by atoms with Crippen molar-refractivity contribution in [1.29, 1.82) is 0 Å². The molecular formula is C22H32N6O. The van der Waals surface area contributed by atoms with E-state index in [4.69, 9.17) is 0 Å². The van der Waals surface area contributed by atoms with Gasteiger partial charge in [-0.25, -0.2) is 9.97 Å². The molecule has 1 N–H and O–H groups in total. The van der Waals surface area contributed by atoms with Crippen LogP contribution in [0.25, 0.3) is 0 Å². The number of piperazine rings is 1. The number of aromatic nitrogens is 2. The van der Waals surface area contributed by atoms with Crippen LogP contribution >= 0.6 is 0 Å². The molecule has 156 valence electrons. The highest BCUT2D eigenvalue weighted by Crippen LogP contribution is 2.23. The Kier molecular flexibility index (Phi) is 7.41. The second kappa shape index (κ2) is 10.2. The van der Waals surface area contributed by atoms with Crippen molar-refractivity contribution in [3.05, 3.63) is 42.2 Å². The predicted octanol–water partition coefficient (Wildman–Crippen LogP) is 2.78. The van der Waals surface area contributed by atoms with Gasteiger partial charge in [0.2, 0.25) is 11.9 Å². The number of hydrogen-bond acceptors (Lipinski definition) is 6. The zero-order valence-corrected chi connectivity index (χ0v) is 17.8. The Morgan fingerprint density at radius 1 is 1.10 bits per heavy atom. The first-order valence-corrected chi connectivity index (χ1v) is 10.5. The largest absolute Gasteiger partial charge is 0.372 e. The SMILES string of the molecule is CCN(CC)c1ccc(NC(=O)CCN2CCN(c3ncccn3)CC2)c(C)c1. The maximum Gasteiger partial charge on any atom is 0.225 e. The topological polar surface area (TPSA) is 64.6 Å². The lowest BCUT2D eigenvalue weighted by atomic mass is 10.1. The average molecular weight is 397 g/mol. The number of aryl methyl sites for hydroxylation is 1. The number of nitrogens with one attached hydrogen (secondary N) is 1. The van der Waals surface area contributed by atoms with E-state index in [1.807, 2.05) is 19.1 Å². The van der Waals surface area contributed by atoms with E-state index in [2.05, 4.69) is 56.0 Å². The Balaban J connectivity index is 1.45. The van der Waals surface area contributed by atoms with Crippen LogP contribution in [0.3, 0.4) is 0 Å². The third-order valence-corrected chi connectivity index (χ3v) is 5.48. The molecule has 7 heteroatoms. The van der Waals surface area contributed by atoms with Crippen LogP contribution in [-0.4, -0.2) is 66.6 Å². The maximum absolute atomic E-state index is 12.4. The Morgan fingerprint density at radius 3 is 2.41 bits per heavy atom. The van der Waals surface area contributed by atoms with Crippen molar-refractivity contribution in [2.75, 3.05) is 60.9 Å². The van der Waals surface area contributed by atoms with Gasteiger partial charge in [-0.05, 0) is 50.6 Å². The molecule has 0 bridgehead atoms. The highest BCUT2D eigenvalue weighted by molar-refractivity contribution is 5.91. The van der Waals surface area contributed by atoms with Gasteiger partial charge >= 0.3 is 0 Å². The average Bonchev–Trinajstić information content (AvgIpc) is 2.76. The van der Waals surface area contributed by atoms with Gasteiger partial charge in [-0.2, -0.15) is 0 Å². The van der Waals surface area contributed by atoms with Crippen LogP contribution in [0.1, 0.15) is 25.8 Å². The van der Waals surface area contributed by atoms with Crippen LogP contribution in [0.2, 0.25) is 0 Å². The molecule has 2 aromatic rings. The molecule has 3 rings (SSSR count). The predicted molar refractivity (Wildman–Crippen MR) is 119 cm³/mol. The molecule has 0 atom stereocenters. The van der Waals surface area contributed by atoms with Crippen molar-refractivity contribution in [1.82, 2.24) is 14.9 Å². The fraction of sp³-hybridized carbons (Fsp3) is 0.500. The lowest BCUT2D eigenvalue weighted by Gasteiger charge is -2.34. The third kappa shape index (κ3) is 5.67. The van der Waals surface area contributed by atoms with Gasteiger partial charge in [0.05, 0.1) is 0 Å². The molecule has 1 aromatic heterocycles. The quantitative estimate of drug-likeness (QED) is 0.740. The maximum atomic E-state index is 12.4. The van der Waals surface area contributed by atoms with Gasteiger partial charge in [0.1, 0.15) is 0 Å². The van der Waals surface area contributed by atoms with E-state index in [9.17, 15) is 4.79 Å². The lowest BCUT2D eigenvalue weighted by molar-refractivity contribution is -0.116. The Hall–Kier alpha value is -2.67. The Labute approximate surface area is 173 Å². The molecule has 0 unspecified atom stereocenters. The molecule has 1 fully saturated rings. The molecule has 1 saturated heterocycles. The molecule has 1 aliphatic rings. The summed E-state index contributed by atoms with van der Waals surface area (Å²) in [6.45, 7) is 12.7. The second-order valence-electron chi connectivity index (χ2n) is 7.35. The summed E-state index contributed by atoms with van der Waals surface area (Å²) < 4.78 is 0. The van der Waals surface area contributed by atoms with Gasteiger partial charge in [-0.15, -0.1) is 0 Å². The summed E-state index contributed by atoms with van der Waals surface area (Å²) in [6, 6.07) is 8.07. The van der Waals surface area contributed by atoms with E-state index in [0.717, 1.165) is 63.0 Å². The summed E-state index contributed by atoms with van der Waals surface area (Å²) in [5.41, 5.74) is 3.20. The van der Waals surface area contributed by atoms with E-state index in [-0.39, 0.29) is 5.91 Å². The van der Waals surface area contributed by atoms with Crippen LogP contribution < -0.4 is 15.1 Å². The van der Waals surface area contributed by atoms with Crippen molar-refractivity contribution >= 4 is 23.2 Å². The highest BCUT2D eigenvalue weighted by Gasteiger charge is 2.19. The first kappa shape index (κ1) is 21.0. The Morgan fingerprint density at radius 2 is 1.79 bits per heavy atom. The van der Waals surface area contributed by atoms with Crippen molar-refractivity contribution in [2.24, 2.45) is 0 Å². The minimum absolute atomic E-state index is 0.0671. The fourth-order valence-corrected chi connectivity index (χ4v) is 3.67. The number of anilines is 3. The minimum atomic E-state index is 0.0671. The van der Waals surface area contributed by atoms with E-state index in [1.54, 1.807) is 12.4 Å². The van der Waals surface area contributed by atoms with E-state index < -0.39 is 0 Å². The van der Waals surface area contributed by atoms with Crippen LogP contribution in [0.5, 0.6) is 0 Å². The molecule has 1 aliphatic heterocycles. The highest BCUT2D eigenvalue weighted by atomic mass is 16.1. The number of hydrogen-bond donors (Lipinski definition) is 1. The standard InChI is InChI=1S/C22H32N6O/c1-4-27(5-2)19-7-8-20(18(3)17-19)25-21(29)9-12-26-13-15-28(16-14-26)22-23-10-6-11-24-22/h6-8,10-11,17H,4-5,9,12-16H2,1-3H3,(H,25,29). The number of carbonyl (C=O) groups excluding carboxylic acids is 1. The summed E-state index contributed by atoms with van der Waals surface area (Å²) in [7, 11) is 0. The molecule has 1 amide bonds. The number of amides is 1. The van der Waals surface area contributed by atoms with E-state index >= 15 is 0 Å². The van der Waals surface area contributed by atoms with Crippen LogP contribution in [0.4, 0.5) is 17.3 Å². The van der Waals surface area contributed by atoms with Gasteiger partial charge < -0.3 is 15.1 Å². The molecule has 29 heavy (non-hydrogen) atoms. The normalized spacial score (nSPS) is 14.7. The summed E-state index contributed by atoms with van der Waals surface area (Å²) in [4.78, 5) is 27.9. The summed E-state index contributed by atoms with van der Waals surface area (Å²) in [6.07, 6.45) is 4.05.